The van der Waals surface area contributed by atoms with Crippen molar-refractivity contribution in [1.82, 2.24) is 16.2 Å². The summed E-state index contributed by atoms with van der Waals surface area (Å²) in [6, 6.07) is 6.81. The van der Waals surface area contributed by atoms with Crippen LogP contribution < -0.4 is 21.9 Å². The monoisotopic (exact) mass is 278 g/mol. The summed E-state index contributed by atoms with van der Waals surface area (Å²) in [6.45, 7) is 3.50. The zero-order valence-electron chi connectivity index (χ0n) is 11.3. The number of nitrogens with one attached hydrogen (secondary N) is 3. The first-order valence-electron chi connectivity index (χ1n) is 6.13. The predicted octanol–water partition coefficient (Wildman–Crippen LogP) is 0.141. The molecule has 0 aliphatic carbocycles. The third kappa shape index (κ3) is 4.60. The second kappa shape index (κ2) is 7.13. The van der Waals surface area contributed by atoms with Crippen molar-refractivity contribution < 1.29 is 14.4 Å². The zero-order chi connectivity index (χ0) is 15.1. The molecular formula is C13H18N4O3. The summed E-state index contributed by atoms with van der Waals surface area (Å²) in [4.78, 5) is 34.4. The smallest absolute Gasteiger partial charge is 0.312 e. The maximum atomic E-state index is 11.9. The lowest BCUT2D eigenvalue weighted by molar-refractivity contribution is -0.124. The number of urea groups is 1. The van der Waals surface area contributed by atoms with Gasteiger partial charge in [-0.25, -0.2) is 4.79 Å². The fourth-order valence-corrected chi connectivity index (χ4v) is 1.55. The number of benzene rings is 1. The van der Waals surface area contributed by atoms with Crippen molar-refractivity contribution in [1.29, 1.82) is 0 Å². The van der Waals surface area contributed by atoms with Crippen LogP contribution >= 0.6 is 0 Å². The van der Waals surface area contributed by atoms with E-state index in [2.05, 4.69) is 16.2 Å². The van der Waals surface area contributed by atoms with Crippen molar-refractivity contribution in [3.05, 3.63) is 35.9 Å². The summed E-state index contributed by atoms with van der Waals surface area (Å²) >= 11 is 0. The van der Waals surface area contributed by atoms with E-state index < -0.39 is 23.9 Å². The fourth-order valence-electron chi connectivity index (χ4n) is 1.55. The van der Waals surface area contributed by atoms with Crippen LogP contribution in [0.25, 0.3) is 0 Å². The average molecular weight is 278 g/mol. The number of hydrogen-bond acceptors (Lipinski definition) is 3. The first-order valence-corrected chi connectivity index (χ1v) is 6.13. The molecular weight excluding hydrogens is 260 g/mol. The number of rotatable bonds is 4. The quantitative estimate of drug-likeness (QED) is 0.587. The van der Waals surface area contributed by atoms with Crippen molar-refractivity contribution in [3.63, 3.8) is 0 Å². The summed E-state index contributed by atoms with van der Waals surface area (Å²) in [5.74, 6) is -1.15. The molecule has 7 heteroatoms. The molecule has 0 bridgehead atoms. The van der Waals surface area contributed by atoms with Gasteiger partial charge in [-0.15, -0.1) is 0 Å². The normalized spacial score (nSPS) is 11.6. The SMILES string of the molecule is CC(C)[C@@H](NC(N)=O)C(=O)NNC(=O)c1ccccc1. The van der Waals surface area contributed by atoms with Crippen LogP contribution in [-0.2, 0) is 4.79 Å². The molecule has 1 atom stereocenters. The van der Waals surface area contributed by atoms with E-state index in [9.17, 15) is 14.4 Å². The van der Waals surface area contributed by atoms with Crippen LogP contribution in [0.15, 0.2) is 30.3 Å². The number of hydrogen-bond donors (Lipinski definition) is 4. The Morgan fingerprint density at radius 2 is 1.65 bits per heavy atom. The van der Waals surface area contributed by atoms with E-state index in [-0.39, 0.29) is 5.92 Å². The second-order valence-corrected chi connectivity index (χ2v) is 4.54. The third-order valence-electron chi connectivity index (χ3n) is 2.58. The van der Waals surface area contributed by atoms with E-state index in [1.807, 2.05) is 0 Å². The van der Waals surface area contributed by atoms with Gasteiger partial charge in [-0.05, 0) is 18.1 Å². The van der Waals surface area contributed by atoms with Crippen LogP contribution in [0.4, 0.5) is 4.79 Å². The number of carbonyl (C=O) groups is 3. The highest BCUT2D eigenvalue weighted by atomic mass is 16.2. The summed E-state index contributed by atoms with van der Waals surface area (Å²) < 4.78 is 0. The van der Waals surface area contributed by atoms with Gasteiger partial charge < -0.3 is 11.1 Å². The van der Waals surface area contributed by atoms with Crippen molar-refractivity contribution in [2.75, 3.05) is 0 Å². The van der Waals surface area contributed by atoms with Crippen molar-refractivity contribution in [2.24, 2.45) is 11.7 Å². The Morgan fingerprint density at radius 3 is 2.15 bits per heavy atom. The van der Waals surface area contributed by atoms with Gasteiger partial charge in [0, 0.05) is 5.56 Å². The van der Waals surface area contributed by atoms with Gasteiger partial charge >= 0.3 is 6.03 Å². The maximum absolute atomic E-state index is 11.9. The van der Waals surface area contributed by atoms with E-state index in [1.165, 1.54) is 0 Å². The molecule has 0 radical (unpaired) electrons. The molecule has 7 nitrogen and oxygen atoms in total. The van der Waals surface area contributed by atoms with Gasteiger partial charge in [-0.2, -0.15) is 0 Å². The highest BCUT2D eigenvalue weighted by Gasteiger charge is 2.23. The number of hydrazine groups is 1. The van der Waals surface area contributed by atoms with E-state index in [0.717, 1.165) is 0 Å². The lowest BCUT2D eigenvalue weighted by Crippen LogP contribution is -2.55. The van der Waals surface area contributed by atoms with Gasteiger partial charge in [0.25, 0.3) is 11.8 Å². The molecule has 0 saturated carbocycles. The molecule has 4 amide bonds. The van der Waals surface area contributed by atoms with Crippen LogP contribution in [0.2, 0.25) is 0 Å². The summed E-state index contributed by atoms with van der Waals surface area (Å²) in [6.07, 6.45) is 0. The molecule has 0 heterocycles. The van der Waals surface area contributed by atoms with Gasteiger partial charge in [0.1, 0.15) is 6.04 Å². The van der Waals surface area contributed by atoms with Gasteiger partial charge in [-0.3, -0.25) is 20.4 Å². The number of amides is 4. The molecule has 1 rings (SSSR count). The van der Waals surface area contributed by atoms with Crippen molar-refractivity contribution >= 4 is 17.8 Å². The third-order valence-corrected chi connectivity index (χ3v) is 2.58. The lowest BCUT2D eigenvalue weighted by Gasteiger charge is -2.20. The average Bonchev–Trinajstić information content (AvgIpc) is 2.42. The summed E-state index contributed by atoms with van der Waals surface area (Å²) in [5.41, 5.74) is 9.95. The molecule has 0 aliphatic rings. The van der Waals surface area contributed by atoms with Crippen LogP contribution in [0, 0.1) is 5.92 Å². The van der Waals surface area contributed by atoms with E-state index in [0.29, 0.717) is 5.56 Å². The largest absolute Gasteiger partial charge is 0.352 e. The molecule has 108 valence electrons. The Morgan fingerprint density at radius 1 is 1.05 bits per heavy atom. The van der Waals surface area contributed by atoms with E-state index in [1.54, 1.807) is 44.2 Å². The van der Waals surface area contributed by atoms with E-state index >= 15 is 0 Å². The minimum Gasteiger partial charge on any atom is -0.352 e. The van der Waals surface area contributed by atoms with Gasteiger partial charge in [-0.1, -0.05) is 32.0 Å². The van der Waals surface area contributed by atoms with Crippen LogP contribution in [0.3, 0.4) is 0 Å². The molecule has 0 saturated heterocycles. The molecule has 0 aliphatic heterocycles. The predicted molar refractivity (Wildman–Crippen MR) is 73.4 cm³/mol. The van der Waals surface area contributed by atoms with E-state index in [4.69, 9.17) is 5.73 Å². The molecule has 20 heavy (non-hydrogen) atoms. The number of nitrogens with two attached hydrogens (primary N) is 1. The Kier molecular flexibility index (Phi) is 5.52. The number of carbonyl (C=O) groups excluding carboxylic acids is 3. The van der Waals surface area contributed by atoms with Crippen LogP contribution in [0.5, 0.6) is 0 Å². The second-order valence-electron chi connectivity index (χ2n) is 4.54. The van der Waals surface area contributed by atoms with Gasteiger partial charge in [0.05, 0.1) is 0 Å². The molecule has 0 fully saturated rings. The van der Waals surface area contributed by atoms with Gasteiger partial charge in [0.15, 0.2) is 0 Å². The Bertz CT molecular complexity index is 488. The molecule has 1 aromatic rings. The Labute approximate surface area is 116 Å². The van der Waals surface area contributed by atoms with Crippen molar-refractivity contribution in [3.8, 4) is 0 Å². The number of primary amides is 1. The minimum atomic E-state index is -0.816. The highest BCUT2D eigenvalue weighted by Crippen LogP contribution is 2.01. The molecule has 5 N–H and O–H groups in total. The Balaban J connectivity index is 2.57. The fraction of sp³-hybridized carbons (Fsp3) is 0.308. The molecule has 1 aromatic carbocycles. The highest BCUT2D eigenvalue weighted by molar-refractivity contribution is 5.96. The van der Waals surface area contributed by atoms with Gasteiger partial charge in [0.2, 0.25) is 0 Å². The molecule has 0 spiro atoms. The first-order chi connectivity index (χ1) is 9.41. The Hall–Kier alpha value is -2.57. The molecule has 0 aromatic heterocycles. The standard InChI is InChI=1S/C13H18N4O3/c1-8(2)10(15-13(14)20)12(19)17-16-11(18)9-6-4-3-5-7-9/h3-8,10H,1-2H3,(H,16,18)(H,17,19)(H3,14,15,20)/t10-/m1/s1. The maximum Gasteiger partial charge on any atom is 0.312 e. The summed E-state index contributed by atoms with van der Waals surface area (Å²) in [5, 5.41) is 2.32. The summed E-state index contributed by atoms with van der Waals surface area (Å²) in [7, 11) is 0. The van der Waals surface area contributed by atoms with Crippen LogP contribution in [-0.4, -0.2) is 23.9 Å². The zero-order valence-corrected chi connectivity index (χ0v) is 11.3. The van der Waals surface area contributed by atoms with Crippen LogP contribution in [0.1, 0.15) is 24.2 Å². The lowest BCUT2D eigenvalue weighted by atomic mass is 10.0. The first kappa shape index (κ1) is 15.5. The topological polar surface area (TPSA) is 113 Å². The minimum absolute atomic E-state index is 0.170. The molecule has 0 unspecified atom stereocenters. The van der Waals surface area contributed by atoms with Crippen molar-refractivity contribution in [2.45, 2.75) is 19.9 Å².